The lowest BCUT2D eigenvalue weighted by Gasteiger charge is -2.24. The van der Waals surface area contributed by atoms with E-state index in [9.17, 15) is 19.8 Å². The molecule has 4 aromatic rings. The number of methoxy groups -OCH3 is 1. The highest BCUT2D eigenvalue weighted by molar-refractivity contribution is 7.22. The number of thiazole rings is 1. The molecule has 8 nitrogen and oxygen atoms in total. The van der Waals surface area contributed by atoms with Crippen molar-refractivity contribution in [3.05, 3.63) is 83.5 Å². The van der Waals surface area contributed by atoms with E-state index < -0.39 is 23.5 Å². The van der Waals surface area contributed by atoms with Crippen LogP contribution >= 0.6 is 11.3 Å². The molecule has 0 bridgehead atoms. The smallest absolute Gasteiger partial charge is 0.296 e. The fourth-order valence-corrected chi connectivity index (χ4v) is 4.69. The van der Waals surface area contributed by atoms with Crippen molar-refractivity contribution < 1.29 is 29.0 Å². The second-order valence-electron chi connectivity index (χ2n) is 7.07. The van der Waals surface area contributed by atoms with Gasteiger partial charge in [-0.05, 0) is 48.0 Å². The minimum absolute atomic E-state index is 0.000912. The second kappa shape index (κ2) is 7.54. The van der Waals surface area contributed by atoms with E-state index in [4.69, 9.17) is 9.15 Å². The Labute approximate surface area is 185 Å². The maximum Gasteiger partial charge on any atom is 0.296 e. The molecular weight excluding hydrogens is 432 g/mol. The third kappa shape index (κ3) is 3.10. The zero-order valence-corrected chi connectivity index (χ0v) is 17.5. The summed E-state index contributed by atoms with van der Waals surface area (Å²) in [5.41, 5.74) is 1.05. The zero-order valence-electron chi connectivity index (χ0n) is 16.7. The number of phenols is 1. The number of furan rings is 1. The normalized spacial score (nSPS) is 16.2. The molecule has 0 saturated heterocycles. The van der Waals surface area contributed by atoms with Crippen LogP contribution in [0.4, 0.5) is 5.13 Å². The first-order valence-corrected chi connectivity index (χ1v) is 10.4. The zero-order chi connectivity index (χ0) is 22.4. The maximum absolute atomic E-state index is 13.2. The number of anilines is 1. The van der Waals surface area contributed by atoms with Crippen LogP contribution in [0.1, 0.15) is 22.2 Å². The van der Waals surface area contributed by atoms with Crippen LogP contribution in [0.5, 0.6) is 11.5 Å². The number of ketones is 1. The highest BCUT2D eigenvalue weighted by atomic mass is 32.1. The molecule has 5 rings (SSSR count). The molecule has 0 aliphatic carbocycles. The molecule has 2 aromatic carbocycles. The Hall–Kier alpha value is -4.11. The Morgan fingerprint density at radius 1 is 1.16 bits per heavy atom. The van der Waals surface area contributed by atoms with Crippen molar-refractivity contribution in [1.82, 2.24) is 4.98 Å². The van der Waals surface area contributed by atoms with Crippen molar-refractivity contribution in [2.75, 3.05) is 12.0 Å². The number of fused-ring (bicyclic) bond motifs is 1. The van der Waals surface area contributed by atoms with Gasteiger partial charge in [-0.1, -0.05) is 23.5 Å². The van der Waals surface area contributed by atoms with Crippen molar-refractivity contribution >= 4 is 38.4 Å². The van der Waals surface area contributed by atoms with E-state index in [1.54, 1.807) is 43.5 Å². The lowest BCUT2D eigenvalue weighted by molar-refractivity contribution is -0.117. The van der Waals surface area contributed by atoms with Crippen LogP contribution in [0.3, 0.4) is 0 Å². The van der Waals surface area contributed by atoms with Crippen LogP contribution in [0.15, 0.2) is 76.6 Å². The summed E-state index contributed by atoms with van der Waals surface area (Å²) in [6.07, 6.45) is 1.34. The SMILES string of the molecule is COc1ccc2nc(N3C(=O)C(O)=C(C(=O)c4ccco4)C3c3ccc(O)cc3)sc2c1. The second-order valence-corrected chi connectivity index (χ2v) is 8.08. The van der Waals surface area contributed by atoms with Gasteiger partial charge in [0.05, 0.1) is 35.2 Å². The monoisotopic (exact) mass is 448 g/mol. The molecule has 1 atom stereocenters. The van der Waals surface area contributed by atoms with Crippen molar-refractivity contribution in [1.29, 1.82) is 0 Å². The first-order valence-electron chi connectivity index (χ1n) is 9.56. The van der Waals surface area contributed by atoms with E-state index in [2.05, 4.69) is 4.98 Å². The van der Waals surface area contributed by atoms with Gasteiger partial charge in [0, 0.05) is 0 Å². The predicted octanol–water partition coefficient (Wildman–Crippen LogP) is 4.39. The van der Waals surface area contributed by atoms with Gasteiger partial charge in [-0.3, -0.25) is 14.5 Å². The number of amides is 1. The van der Waals surface area contributed by atoms with Crippen LogP contribution in [-0.4, -0.2) is 34.0 Å². The number of benzene rings is 2. The Bertz CT molecular complexity index is 1370. The van der Waals surface area contributed by atoms with Gasteiger partial charge >= 0.3 is 0 Å². The molecule has 1 amide bonds. The Morgan fingerprint density at radius 2 is 1.94 bits per heavy atom. The Balaban J connectivity index is 1.67. The van der Waals surface area contributed by atoms with E-state index in [0.29, 0.717) is 22.0 Å². The number of aromatic hydroxyl groups is 1. The minimum Gasteiger partial charge on any atom is -0.508 e. The Morgan fingerprint density at radius 3 is 2.62 bits per heavy atom. The van der Waals surface area contributed by atoms with Crippen LogP contribution in [0.25, 0.3) is 10.2 Å². The number of aliphatic hydroxyl groups excluding tert-OH is 1. The first kappa shape index (κ1) is 19.8. The summed E-state index contributed by atoms with van der Waals surface area (Å²) >= 11 is 1.23. The number of aliphatic hydroxyl groups is 1. The van der Waals surface area contributed by atoms with Gasteiger partial charge in [-0.2, -0.15) is 0 Å². The number of ether oxygens (including phenoxy) is 1. The predicted molar refractivity (Wildman–Crippen MR) is 117 cm³/mol. The summed E-state index contributed by atoms with van der Waals surface area (Å²) in [6, 6.07) is 13.5. The van der Waals surface area contributed by atoms with Crippen LogP contribution < -0.4 is 9.64 Å². The van der Waals surface area contributed by atoms with Gasteiger partial charge in [0.15, 0.2) is 16.7 Å². The number of carbonyl (C=O) groups excluding carboxylic acids is 2. The lowest BCUT2D eigenvalue weighted by atomic mass is 9.95. The molecule has 0 radical (unpaired) electrons. The fraction of sp³-hybridized carbons (Fsp3) is 0.0870. The molecule has 9 heteroatoms. The molecule has 2 N–H and O–H groups in total. The molecule has 3 heterocycles. The van der Waals surface area contributed by atoms with E-state index in [0.717, 1.165) is 4.70 Å². The number of aromatic nitrogens is 1. The number of hydrogen-bond acceptors (Lipinski definition) is 8. The molecule has 1 aliphatic heterocycles. The number of phenolic OH excluding ortho intramolecular Hbond substituents is 1. The summed E-state index contributed by atoms with van der Waals surface area (Å²) in [4.78, 5) is 32.2. The minimum atomic E-state index is -0.955. The standard InChI is InChI=1S/C23H16N2O6S/c1-30-14-8-9-15-17(11-14)32-23(24-15)25-19(12-4-6-13(26)7-5-12)18(21(28)22(25)29)20(27)16-3-2-10-31-16/h2-11,19,26,28H,1H3. The van der Waals surface area contributed by atoms with E-state index >= 15 is 0 Å². The Kier molecular flexibility index (Phi) is 4.67. The van der Waals surface area contributed by atoms with Gasteiger partial charge in [-0.15, -0.1) is 0 Å². The molecule has 1 aliphatic rings. The topological polar surface area (TPSA) is 113 Å². The van der Waals surface area contributed by atoms with Crippen LogP contribution in [0, 0.1) is 0 Å². The van der Waals surface area contributed by atoms with E-state index in [1.807, 2.05) is 0 Å². The van der Waals surface area contributed by atoms with Crippen LogP contribution in [-0.2, 0) is 4.79 Å². The largest absolute Gasteiger partial charge is 0.508 e. The van der Waals surface area contributed by atoms with Gasteiger partial charge in [0.2, 0.25) is 5.78 Å². The van der Waals surface area contributed by atoms with Crippen molar-refractivity contribution in [2.24, 2.45) is 0 Å². The molecule has 2 aromatic heterocycles. The highest BCUT2D eigenvalue weighted by Gasteiger charge is 2.46. The summed E-state index contributed by atoms with van der Waals surface area (Å²) in [6.45, 7) is 0. The number of rotatable bonds is 5. The highest BCUT2D eigenvalue weighted by Crippen LogP contribution is 2.44. The number of Topliss-reactive ketones (excluding diaryl/α,β-unsaturated/α-hetero) is 1. The van der Waals surface area contributed by atoms with Gasteiger partial charge < -0.3 is 19.4 Å². The maximum atomic E-state index is 13.2. The summed E-state index contributed by atoms with van der Waals surface area (Å²) < 4.78 is 11.3. The first-order chi connectivity index (χ1) is 15.5. The molecule has 0 fully saturated rings. The quantitative estimate of drug-likeness (QED) is 0.436. The lowest BCUT2D eigenvalue weighted by Crippen LogP contribution is -2.30. The molecule has 0 spiro atoms. The number of hydrogen-bond donors (Lipinski definition) is 2. The van der Waals surface area contributed by atoms with Crippen molar-refractivity contribution in [3.8, 4) is 11.5 Å². The fourth-order valence-electron chi connectivity index (χ4n) is 3.67. The van der Waals surface area contributed by atoms with Gasteiger partial charge in [-0.25, -0.2) is 4.98 Å². The molecule has 1 unspecified atom stereocenters. The summed E-state index contributed by atoms with van der Waals surface area (Å²) in [5, 5.41) is 20.8. The van der Waals surface area contributed by atoms with Crippen LogP contribution in [0.2, 0.25) is 0 Å². The number of nitrogens with zero attached hydrogens (tertiary/aromatic N) is 2. The summed E-state index contributed by atoms with van der Waals surface area (Å²) in [7, 11) is 1.56. The summed E-state index contributed by atoms with van der Waals surface area (Å²) in [5.74, 6) is -1.34. The van der Waals surface area contributed by atoms with Gasteiger partial charge in [0.1, 0.15) is 11.5 Å². The number of carbonyl (C=O) groups is 2. The third-order valence-electron chi connectivity index (χ3n) is 5.20. The molecule has 0 saturated carbocycles. The van der Waals surface area contributed by atoms with E-state index in [1.165, 1.54) is 40.7 Å². The molecule has 160 valence electrons. The van der Waals surface area contributed by atoms with Gasteiger partial charge in [0.25, 0.3) is 5.91 Å². The third-order valence-corrected chi connectivity index (χ3v) is 6.21. The average Bonchev–Trinajstić information content (AvgIpc) is 3.52. The molecular formula is C23H16N2O6S. The van der Waals surface area contributed by atoms with E-state index in [-0.39, 0.29) is 17.1 Å². The molecule has 32 heavy (non-hydrogen) atoms. The average molecular weight is 448 g/mol. The van der Waals surface area contributed by atoms with Crippen molar-refractivity contribution in [3.63, 3.8) is 0 Å². The van der Waals surface area contributed by atoms with Crippen molar-refractivity contribution in [2.45, 2.75) is 6.04 Å².